The number of aliphatic hydroxyl groups excluding tert-OH is 1. The number of β-amino-alcohol motifs (C(OH)–C–C–N with tert-alkyl or cyclic N) is 1. The molecule has 1 unspecified atom stereocenters. The Morgan fingerprint density at radius 1 is 1.19 bits per heavy atom. The second-order valence-electron chi connectivity index (χ2n) is 7.54. The van der Waals surface area contributed by atoms with Gasteiger partial charge in [-0.3, -0.25) is 24.4 Å². The summed E-state index contributed by atoms with van der Waals surface area (Å²) in [5.74, 6) is -2.18. The number of guanidine groups is 1. The summed E-state index contributed by atoms with van der Waals surface area (Å²) >= 11 is 6.45. The number of benzene rings is 1. The maximum absolute atomic E-state index is 12.5. The first-order chi connectivity index (χ1) is 16.6. The van der Waals surface area contributed by atoms with E-state index in [2.05, 4.69) is 63.1 Å². The number of carbonyl (C=O) groups excluding carboxylic acids is 2. The van der Waals surface area contributed by atoms with Crippen LogP contribution in [0.15, 0.2) is 44.5 Å². The van der Waals surface area contributed by atoms with Crippen LogP contribution in [0.3, 0.4) is 0 Å². The molecule has 12 nitrogen and oxygen atoms in total. The van der Waals surface area contributed by atoms with Crippen molar-refractivity contribution in [2.24, 2.45) is 4.99 Å². The highest BCUT2D eigenvalue weighted by Crippen LogP contribution is 2.36. The van der Waals surface area contributed by atoms with E-state index < -0.39 is 42.9 Å². The predicted octanol–water partition coefficient (Wildman–Crippen LogP) is 1.74. The lowest BCUT2D eigenvalue weighted by Crippen LogP contribution is -2.42. The van der Waals surface area contributed by atoms with Crippen LogP contribution in [0.5, 0.6) is 5.75 Å². The van der Waals surface area contributed by atoms with Crippen molar-refractivity contribution in [2.45, 2.75) is 26.0 Å². The number of aromatic nitrogens is 1. The third-order valence-electron chi connectivity index (χ3n) is 4.78. The zero-order chi connectivity index (χ0) is 25.5. The molecule has 2 aromatic rings. The lowest BCUT2D eigenvalue weighted by atomic mass is 10.0. The van der Waals surface area contributed by atoms with Gasteiger partial charge in [0.1, 0.15) is 5.75 Å². The van der Waals surface area contributed by atoms with Gasteiger partial charge in [-0.2, -0.15) is 0 Å². The first-order valence-electron chi connectivity index (χ1n) is 10.3. The fourth-order valence-corrected chi connectivity index (χ4v) is 4.42. The minimum Gasteiger partial charge on any atom is -0.506 e. The predicted molar refractivity (Wildman–Crippen MR) is 140 cm³/mol. The van der Waals surface area contributed by atoms with E-state index in [9.17, 15) is 29.7 Å². The summed E-state index contributed by atoms with van der Waals surface area (Å²) in [6.07, 6.45) is 1.76. The summed E-state index contributed by atoms with van der Waals surface area (Å²) in [5.41, 5.74) is 0.847. The van der Waals surface area contributed by atoms with E-state index >= 15 is 0 Å². The molecule has 1 aromatic carbocycles. The Bertz CT molecular complexity index is 1160. The number of hydrogen-bond acceptors (Lipinski definition) is 9. The van der Waals surface area contributed by atoms with E-state index in [1.807, 2.05) is 0 Å². The summed E-state index contributed by atoms with van der Waals surface area (Å²) < 4.78 is 0.896. The quantitative estimate of drug-likeness (QED) is 0.228. The number of aliphatic hydroxyl groups is 1. The molecular formula is C22H26Br2N6O6. The number of pyridine rings is 1. The molecule has 0 saturated carbocycles. The van der Waals surface area contributed by atoms with Crippen molar-refractivity contribution in [3.05, 3.63) is 50.7 Å². The van der Waals surface area contributed by atoms with Gasteiger partial charge in [-0.15, -0.1) is 0 Å². The normalized spacial score (nSPS) is 15.4. The summed E-state index contributed by atoms with van der Waals surface area (Å²) in [6, 6.07) is 3.56. The number of nitrogens with one attached hydrogen (secondary N) is 4. The zero-order valence-electron chi connectivity index (χ0n) is 18.1. The molecule has 14 heteroatoms. The van der Waals surface area contributed by atoms with Gasteiger partial charge >= 0.3 is 5.97 Å². The van der Waals surface area contributed by atoms with E-state index in [0.717, 1.165) is 0 Å². The van der Waals surface area contributed by atoms with Crippen LogP contribution in [0.2, 0.25) is 0 Å². The van der Waals surface area contributed by atoms with Crippen LogP contribution in [-0.2, 0) is 9.59 Å². The summed E-state index contributed by atoms with van der Waals surface area (Å²) in [6.45, 7) is 0.149. The number of carboxylic acid groups (broad SMARTS) is 1. The van der Waals surface area contributed by atoms with Crippen LogP contribution in [0, 0.1) is 0 Å². The maximum atomic E-state index is 12.5. The fraction of sp³-hybridized carbons (Fsp3) is 0.318. The lowest BCUT2D eigenvalue weighted by Gasteiger charge is -2.20. The first-order valence-corrected chi connectivity index (χ1v) is 11.9. The second-order valence-corrected chi connectivity index (χ2v) is 9.31. The molecule has 0 saturated heterocycles. The van der Waals surface area contributed by atoms with Crippen LogP contribution in [0.1, 0.15) is 35.8 Å². The summed E-state index contributed by atoms with van der Waals surface area (Å²) in [4.78, 5) is 44.5. The number of nitrogens with zero attached hydrogens (tertiary/aromatic N) is 2. The number of hydrogen-bond donors (Lipinski definition) is 7. The van der Waals surface area contributed by atoms with Gasteiger partial charge in [0.25, 0.3) is 5.91 Å². The van der Waals surface area contributed by atoms with Crippen LogP contribution < -0.4 is 21.3 Å². The van der Waals surface area contributed by atoms with Crippen molar-refractivity contribution in [1.82, 2.24) is 20.9 Å². The van der Waals surface area contributed by atoms with Crippen molar-refractivity contribution < 1.29 is 29.7 Å². The van der Waals surface area contributed by atoms with Gasteiger partial charge in [0.2, 0.25) is 5.91 Å². The molecule has 0 radical (unpaired) electrons. The maximum Gasteiger partial charge on any atom is 0.305 e. The average molecular weight is 630 g/mol. The van der Waals surface area contributed by atoms with Gasteiger partial charge in [0.05, 0.1) is 53.6 Å². The van der Waals surface area contributed by atoms with Crippen molar-refractivity contribution in [2.75, 3.05) is 25.0 Å². The Balaban J connectivity index is 0.00000456. The topological polar surface area (TPSA) is 185 Å². The standard InChI is InChI=1S/C21H22Br2N6O6.CH4/c22-11-2-14(19(34)15(23)3-11)16(4-18(32)33)29-17(31)9-25-20(35)10-1-12(6-24-5-10)28-21-26-7-13(30)8-27-21;/h1-3,5-6,13,16,30,34H,4,7-9H2,(H,25,35)(H,29,31)(H,32,33)(H2,26,27,28);1H4/t16-;/m0./s1. The molecule has 0 bridgehead atoms. The Morgan fingerprint density at radius 3 is 2.61 bits per heavy atom. The Hall–Kier alpha value is -3.23. The van der Waals surface area contributed by atoms with Crippen molar-refractivity contribution >= 4 is 61.3 Å². The highest BCUT2D eigenvalue weighted by molar-refractivity contribution is 9.11. The monoisotopic (exact) mass is 628 g/mol. The van der Waals surface area contributed by atoms with E-state index in [4.69, 9.17) is 0 Å². The van der Waals surface area contributed by atoms with Gasteiger partial charge in [-0.05, 0) is 34.1 Å². The van der Waals surface area contributed by atoms with Crippen LogP contribution >= 0.6 is 31.9 Å². The van der Waals surface area contributed by atoms with E-state index in [0.29, 0.717) is 27.1 Å². The Morgan fingerprint density at radius 2 is 1.94 bits per heavy atom. The fourth-order valence-electron chi connectivity index (χ4n) is 3.16. The molecule has 2 amide bonds. The molecule has 0 fully saturated rings. The van der Waals surface area contributed by atoms with Gasteiger partial charge in [0, 0.05) is 22.8 Å². The molecule has 2 atom stereocenters. The van der Waals surface area contributed by atoms with Gasteiger partial charge in [-0.1, -0.05) is 23.4 Å². The van der Waals surface area contributed by atoms with Crippen LogP contribution in [0.4, 0.5) is 5.69 Å². The molecule has 1 aliphatic heterocycles. The first kappa shape index (κ1) is 29.0. The molecular weight excluding hydrogens is 604 g/mol. The van der Waals surface area contributed by atoms with Gasteiger partial charge in [-0.25, -0.2) is 0 Å². The van der Waals surface area contributed by atoms with Crippen molar-refractivity contribution in [1.29, 1.82) is 0 Å². The molecule has 3 rings (SSSR count). The molecule has 1 aromatic heterocycles. The number of aliphatic carboxylic acids is 1. The smallest absolute Gasteiger partial charge is 0.305 e. The largest absolute Gasteiger partial charge is 0.506 e. The van der Waals surface area contributed by atoms with Crippen LogP contribution in [0.25, 0.3) is 0 Å². The van der Waals surface area contributed by atoms with Crippen molar-refractivity contribution in [3.8, 4) is 5.75 Å². The number of aliphatic imine (C=N–C) groups is 1. The number of anilines is 1. The minimum atomic E-state index is -1.18. The molecule has 36 heavy (non-hydrogen) atoms. The number of carboxylic acids is 1. The second kappa shape index (κ2) is 13.2. The Labute approximate surface area is 223 Å². The minimum absolute atomic E-state index is 0. The number of phenols is 1. The third-order valence-corrected chi connectivity index (χ3v) is 5.85. The molecule has 0 aliphatic carbocycles. The third kappa shape index (κ3) is 8.17. The summed E-state index contributed by atoms with van der Waals surface area (Å²) in [5, 5.41) is 39.9. The number of phenolic OH excluding ortho intramolecular Hbond substituents is 1. The number of aromatic hydroxyl groups is 1. The number of amides is 2. The highest BCUT2D eigenvalue weighted by atomic mass is 79.9. The van der Waals surface area contributed by atoms with Crippen LogP contribution in [-0.4, -0.2) is 69.8 Å². The average Bonchev–Trinajstić information content (AvgIpc) is 2.81. The van der Waals surface area contributed by atoms with E-state index in [-0.39, 0.29) is 30.8 Å². The molecule has 1 aliphatic rings. The number of rotatable bonds is 8. The molecule has 194 valence electrons. The van der Waals surface area contributed by atoms with E-state index in [1.165, 1.54) is 24.5 Å². The van der Waals surface area contributed by atoms with Gasteiger partial charge < -0.3 is 36.6 Å². The lowest BCUT2D eigenvalue weighted by molar-refractivity contribution is -0.137. The molecule has 0 spiro atoms. The highest BCUT2D eigenvalue weighted by Gasteiger charge is 2.23. The molecule has 2 heterocycles. The van der Waals surface area contributed by atoms with E-state index in [1.54, 1.807) is 6.07 Å². The SMILES string of the molecule is C.O=C(O)C[C@H](NC(=O)CNC(=O)c1cncc(NC2=NCC(O)CN2)c1)c1cc(Br)cc(Br)c1O. The number of halogens is 2. The Kier molecular flexibility index (Phi) is 10.6. The van der Waals surface area contributed by atoms with Crippen molar-refractivity contribution in [3.63, 3.8) is 0 Å². The summed E-state index contributed by atoms with van der Waals surface area (Å²) in [7, 11) is 0. The zero-order valence-corrected chi connectivity index (χ0v) is 21.3. The molecule has 7 N–H and O–H groups in total. The van der Waals surface area contributed by atoms with Gasteiger partial charge in [0.15, 0.2) is 5.96 Å². The number of carbonyl (C=O) groups is 3.